The van der Waals surface area contributed by atoms with Crippen molar-refractivity contribution in [2.75, 3.05) is 11.4 Å². The van der Waals surface area contributed by atoms with E-state index >= 15 is 0 Å². The summed E-state index contributed by atoms with van der Waals surface area (Å²) in [6, 6.07) is 12.7. The molecule has 1 heterocycles. The van der Waals surface area contributed by atoms with Crippen LogP contribution in [0.4, 0.5) is 5.69 Å². The average Bonchev–Trinajstić information content (AvgIpc) is 3.00. The molecular weight excluding hydrogens is 373 g/mol. The van der Waals surface area contributed by atoms with E-state index in [-0.39, 0.29) is 18.2 Å². The van der Waals surface area contributed by atoms with E-state index in [0.717, 1.165) is 11.3 Å². The first-order valence-electron chi connectivity index (χ1n) is 8.09. The van der Waals surface area contributed by atoms with E-state index in [1.54, 1.807) is 23.1 Å². The molecule has 0 aliphatic carbocycles. The van der Waals surface area contributed by atoms with Gasteiger partial charge in [-0.1, -0.05) is 47.0 Å². The molecular formula is C19H17Cl2N3O2. The number of hydrazone groups is 1. The van der Waals surface area contributed by atoms with Gasteiger partial charge in [0.15, 0.2) is 0 Å². The smallest absolute Gasteiger partial charge is 0.245 e. The molecule has 1 aliphatic heterocycles. The Morgan fingerprint density at radius 1 is 1.19 bits per heavy atom. The highest BCUT2D eigenvalue weighted by Gasteiger charge is 2.35. The second-order valence-corrected chi connectivity index (χ2v) is 6.92. The van der Waals surface area contributed by atoms with Crippen LogP contribution in [0, 0.1) is 12.8 Å². The van der Waals surface area contributed by atoms with Gasteiger partial charge < -0.3 is 4.90 Å². The Bertz CT molecular complexity index is 845. The molecule has 2 aromatic rings. The van der Waals surface area contributed by atoms with Crippen LogP contribution in [0.1, 0.15) is 17.5 Å². The van der Waals surface area contributed by atoms with Crippen molar-refractivity contribution in [2.45, 2.75) is 13.3 Å². The van der Waals surface area contributed by atoms with Crippen LogP contribution in [0.25, 0.3) is 0 Å². The van der Waals surface area contributed by atoms with E-state index in [9.17, 15) is 9.59 Å². The van der Waals surface area contributed by atoms with Crippen LogP contribution in [-0.2, 0) is 9.59 Å². The van der Waals surface area contributed by atoms with Crippen LogP contribution in [0.3, 0.4) is 0 Å². The molecule has 1 fully saturated rings. The van der Waals surface area contributed by atoms with Crippen LogP contribution in [0.5, 0.6) is 0 Å². The van der Waals surface area contributed by atoms with Gasteiger partial charge in [0.1, 0.15) is 0 Å². The summed E-state index contributed by atoms with van der Waals surface area (Å²) in [5.74, 6) is -0.845. The monoisotopic (exact) mass is 389 g/mol. The topological polar surface area (TPSA) is 61.8 Å². The molecule has 0 saturated carbocycles. The van der Waals surface area contributed by atoms with Crippen LogP contribution in [-0.4, -0.2) is 24.6 Å². The van der Waals surface area contributed by atoms with Crippen LogP contribution < -0.4 is 10.3 Å². The van der Waals surface area contributed by atoms with Gasteiger partial charge in [-0.25, -0.2) is 5.43 Å². The number of nitrogens with zero attached hydrogens (tertiary/aromatic N) is 2. The molecule has 2 amide bonds. The number of rotatable bonds is 4. The first-order valence-corrected chi connectivity index (χ1v) is 8.85. The molecule has 0 bridgehead atoms. The first kappa shape index (κ1) is 18.4. The lowest BCUT2D eigenvalue weighted by Crippen LogP contribution is -2.30. The van der Waals surface area contributed by atoms with Gasteiger partial charge in [-0.15, -0.1) is 0 Å². The summed E-state index contributed by atoms with van der Waals surface area (Å²) in [7, 11) is 0. The van der Waals surface area contributed by atoms with Crippen molar-refractivity contribution in [2.24, 2.45) is 11.0 Å². The highest BCUT2D eigenvalue weighted by molar-refractivity contribution is 6.38. The van der Waals surface area contributed by atoms with Gasteiger partial charge in [0.25, 0.3) is 0 Å². The van der Waals surface area contributed by atoms with Crippen molar-refractivity contribution in [3.8, 4) is 0 Å². The minimum Gasteiger partial charge on any atom is -0.312 e. The zero-order chi connectivity index (χ0) is 18.7. The third kappa shape index (κ3) is 4.06. The average molecular weight is 390 g/mol. The summed E-state index contributed by atoms with van der Waals surface area (Å²) >= 11 is 12.1. The molecule has 1 N–H and O–H groups in total. The molecule has 2 aromatic carbocycles. The lowest BCUT2D eigenvalue weighted by molar-refractivity contribution is -0.126. The SMILES string of the molecule is Cc1ccc(N2C[C@@H](C(=O)N/N=C/c3c(Cl)cccc3Cl)CC2=O)cc1. The molecule has 1 saturated heterocycles. The molecule has 0 aromatic heterocycles. The van der Waals surface area contributed by atoms with Crippen molar-refractivity contribution >= 4 is 46.9 Å². The zero-order valence-electron chi connectivity index (χ0n) is 14.1. The minimum atomic E-state index is -0.456. The number of hydrogen-bond donors (Lipinski definition) is 1. The van der Waals surface area contributed by atoms with Crippen molar-refractivity contribution in [3.05, 3.63) is 63.6 Å². The quantitative estimate of drug-likeness (QED) is 0.638. The second-order valence-electron chi connectivity index (χ2n) is 6.11. The largest absolute Gasteiger partial charge is 0.312 e. The molecule has 5 nitrogen and oxygen atoms in total. The number of anilines is 1. The number of carbonyl (C=O) groups is 2. The number of aryl methyl sites for hydroxylation is 1. The zero-order valence-corrected chi connectivity index (χ0v) is 15.6. The van der Waals surface area contributed by atoms with E-state index in [1.807, 2.05) is 31.2 Å². The standard InChI is InChI=1S/C19H17Cl2N3O2/c1-12-5-7-14(8-6-12)24-11-13(9-18(24)25)19(26)23-22-10-15-16(20)3-2-4-17(15)21/h2-8,10,13H,9,11H2,1H3,(H,23,26)/b22-10+/t13-/m0/s1. The Morgan fingerprint density at radius 3 is 2.50 bits per heavy atom. The number of benzene rings is 2. The van der Waals surface area contributed by atoms with Gasteiger partial charge in [0.2, 0.25) is 11.8 Å². The van der Waals surface area contributed by atoms with Gasteiger partial charge in [0.05, 0.1) is 22.2 Å². The lowest BCUT2D eigenvalue weighted by Gasteiger charge is -2.16. The summed E-state index contributed by atoms with van der Waals surface area (Å²) in [6.45, 7) is 2.31. The fourth-order valence-electron chi connectivity index (χ4n) is 2.74. The molecule has 134 valence electrons. The molecule has 1 atom stereocenters. The fraction of sp³-hybridized carbons (Fsp3) is 0.211. The Balaban J connectivity index is 1.63. The van der Waals surface area contributed by atoms with Crippen molar-refractivity contribution in [1.82, 2.24) is 5.43 Å². The minimum absolute atomic E-state index is 0.0767. The number of nitrogens with one attached hydrogen (secondary N) is 1. The third-order valence-electron chi connectivity index (χ3n) is 4.21. The van der Waals surface area contributed by atoms with Gasteiger partial charge in [0, 0.05) is 24.2 Å². The van der Waals surface area contributed by atoms with Crippen LogP contribution >= 0.6 is 23.2 Å². The Morgan fingerprint density at radius 2 is 1.85 bits per heavy atom. The predicted molar refractivity (Wildman–Crippen MR) is 104 cm³/mol. The highest BCUT2D eigenvalue weighted by Crippen LogP contribution is 2.25. The second kappa shape index (κ2) is 7.89. The van der Waals surface area contributed by atoms with Crippen LogP contribution in [0.15, 0.2) is 47.6 Å². The maximum absolute atomic E-state index is 12.3. The summed E-state index contributed by atoms with van der Waals surface area (Å²) in [4.78, 5) is 26.2. The fourth-order valence-corrected chi connectivity index (χ4v) is 3.24. The lowest BCUT2D eigenvalue weighted by atomic mass is 10.1. The summed E-state index contributed by atoms with van der Waals surface area (Å²) < 4.78 is 0. The first-order chi connectivity index (χ1) is 12.5. The summed E-state index contributed by atoms with van der Waals surface area (Å²) in [6.07, 6.45) is 1.55. The summed E-state index contributed by atoms with van der Waals surface area (Å²) in [5, 5.41) is 4.80. The number of halogens is 2. The Hall–Kier alpha value is -2.37. The molecule has 26 heavy (non-hydrogen) atoms. The maximum Gasteiger partial charge on any atom is 0.245 e. The number of amides is 2. The Labute approximate surface area is 161 Å². The molecule has 7 heteroatoms. The van der Waals surface area contributed by atoms with Crippen molar-refractivity contribution in [3.63, 3.8) is 0 Å². The van der Waals surface area contributed by atoms with Crippen molar-refractivity contribution in [1.29, 1.82) is 0 Å². The van der Waals surface area contributed by atoms with Gasteiger partial charge in [-0.3, -0.25) is 9.59 Å². The summed E-state index contributed by atoms with van der Waals surface area (Å²) in [5.41, 5.74) is 4.90. The number of hydrogen-bond acceptors (Lipinski definition) is 3. The number of carbonyl (C=O) groups excluding carboxylic acids is 2. The molecule has 1 aliphatic rings. The van der Waals surface area contributed by atoms with Gasteiger partial charge in [-0.05, 0) is 31.2 Å². The maximum atomic E-state index is 12.3. The van der Waals surface area contributed by atoms with E-state index in [1.165, 1.54) is 6.21 Å². The van der Waals surface area contributed by atoms with Gasteiger partial charge in [-0.2, -0.15) is 5.10 Å². The van der Waals surface area contributed by atoms with E-state index < -0.39 is 5.92 Å². The van der Waals surface area contributed by atoms with Crippen molar-refractivity contribution < 1.29 is 9.59 Å². The normalized spacial score (nSPS) is 17.1. The van der Waals surface area contributed by atoms with Gasteiger partial charge >= 0.3 is 0 Å². The molecule has 0 spiro atoms. The highest BCUT2D eigenvalue weighted by atomic mass is 35.5. The Kier molecular flexibility index (Phi) is 5.59. The third-order valence-corrected chi connectivity index (χ3v) is 4.87. The molecule has 0 unspecified atom stereocenters. The molecule has 0 radical (unpaired) electrons. The molecule has 3 rings (SSSR count). The van der Waals surface area contributed by atoms with E-state index in [0.29, 0.717) is 22.2 Å². The van der Waals surface area contributed by atoms with E-state index in [4.69, 9.17) is 23.2 Å². The van der Waals surface area contributed by atoms with Crippen LogP contribution in [0.2, 0.25) is 10.0 Å². The predicted octanol–water partition coefficient (Wildman–Crippen LogP) is 3.81. The van der Waals surface area contributed by atoms with E-state index in [2.05, 4.69) is 10.5 Å².